The van der Waals surface area contributed by atoms with Gasteiger partial charge in [0.25, 0.3) is 0 Å². The van der Waals surface area contributed by atoms with Crippen molar-refractivity contribution >= 4 is 29.3 Å². The van der Waals surface area contributed by atoms with Gasteiger partial charge in [0, 0.05) is 32.7 Å². The molecule has 0 N–H and O–H groups in total. The maximum atomic E-state index is 6.25. The first-order chi connectivity index (χ1) is 17.7. The number of benzene rings is 3. The Hall–Kier alpha value is -3.03. The first-order valence-corrected chi connectivity index (χ1v) is 12.9. The minimum atomic E-state index is -0.0361. The van der Waals surface area contributed by atoms with E-state index in [1.807, 2.05) is 35.0 Å². The Labute approximate surface area is 221 Å². The first-order valence-electron chi connectivity index (χ1n) is 12.1. The highest BCUT2D eigenvalue weighted by atomic mass is 35.5. The van der Waals surface area contributed by atoms with Crippen LogP contribution in [0.15, 0.2) is 84.9 Å². The van der Waals surface area contributed by atoms with Gasteiger partial charge < -0.3 is 0 Å². The smallest absolute Gasteiger partial charge is 0.173 e. The molecule has 0 bridgehead atoms. The van der Waals surface area contributed by atoms with Crippen molar-refractivity contribution < 1.29 is 0 Å². The summed E-state index contributed by atoms with van der Waals surface area (Å²) in [5, 5.41) is 13.9. The molecule has 36 heavy (non-hydrogen) atoms. The monoisotopic (exact) mass is 518 g/mol. The number of tetrazole rings is 1. The highest BCUT2D eigenvalue weighted by Crippen LogP contribution is 2.29. The molecule has 0 unspecified atom stereocenters. The second-order valence-electron chi connectivity index (χ2n) is 8.91. The van der Waals surface area contributed by atoms with Crippen LogP contribution in [0.4, 0.5) is 0 Å². The van der Waals surface area contributed by atoms with Gasteiger partial charge in [-0.1, -0.05) is 102 Å². The van der Waals surface area contributed by atoms with Crippen molar-refractivity contribution in [2.75, 3.05) is 32.7 Å². The quantitative estimate of drug-likeness (QED) is 0.310. The lowest BCUT2D eigenvalue weighted by atomic mass is 10.0. The van der Waals surface area contributed by atoms with Crippen LogP contribution in [0.2, 0.25) is 10.0 Å². The first kappa shape index (κ1) is 24.7. The Morgan fingerprint density at radius 2 is 1.56 bits per heavy atom. The Kier molecular flexibility index (Phi) is 8.08. The summed E-state index contributed by atoms with van der Waals surface area (Å²) in [5.74, 6) is 0.824. The van der Waals surface area contributed by atoms with Crippen molar-refractivity contribution in [3.8, 4) is 0 Å². The van der Waals surface area contributed by atoms with E-state index in [2.05, 4.69) is 86.0 Å². The van der Waals surface area contributed by atoms with Crippen LogP contribution in [0, 0.1) is 0 Å². The number of rotatable bonds is 8. The highest BCUT2D eigenvalue weighted by molar-refractivity contribution is 6.42. The topological polar surface area (TPSA) is 50.1 Å². The standard InChI is InChI=1S/C28H28Cl2N6/c29-25-14-13-23(20-26(25)30)21-36-28(31-32-33-36)27(24-11-5-2-6-12-24)35-18-16-34(17-19-35)15-7-10-22-8-3-1-4-9-22/h1-14,20,27H,15-19,21H2/t27-/m1/s1. The normalized spacial score (nSPS) is 15.9. The van der Waals surface area contributed by atoms with Gasteiger partial charge in [-0.05, 0) is 39.2 Å². The van der Waals surface area contributed by atoms with E-state index in [-0.39, 0.29) is 6.04 Å². The molecule has 0 saturated carbocycles. The van der Waals surface area contributed by atoms with E-state index in [9.17, 15) is 0 Å². The van der Waals surface area contributed by atoms with Gasteiger partial charge in [-0.15, -0.1) is 5.10 Å². The average Bonchev–Trinajstić information content (AvgIpc) is 3.36. The lowest BCUT2D eigenvalue weighted by molar-refractivity contribution is 0.113. The third-order valence-electron chi connectivity index (χ3n) is 6.48. The van der Waals surface area contributed by atoms with Crippen LogP contribution in [0.5, 0.6) is 0 Å². The molecule has 0 spiro atoms. The molecule has 1 fully saturated rings. The largest absolute Gasteiger partial charge is 0.297 e. The number of halogens is 2. The Balaban J connectivity index is 1.31. The minimum absolute atomic E-state index is 0.0361. The number of hydrogen-bond donors (Lipinski definition) is 0. The van der Waals surface area contributed by atoms with Gasteiger partial charge in [-0.2, -0.15) is 0 Å². The van der Waals surface area contributed by atoms with Crippen LogP contribution in [0.25, 0.3) is 6.08 Å². The number of hydrogen-bond acceptors (Lipinski definition) is 5. The Morgan fingerprint density at radius 1 is 0.833 bits per heavy atom. The molecule has 6 nitrogen and oxygen atoms in total. The van der Waals surface area contributed by atoms with Gasteiger partial charge in [-0.3, -0.25) is 9.80 Å². The van der Waals surface area contributed by atoms with Gasteiger partial charge in [0.2, 0.25) is 0 Å². The zero-order valence-electron chi connectivity index (χ0n) is 19.9. The maximum Gasteiger partial charge on any atom is 0.173 e. The van der Waals surface area contributed by atoms with Gasteiger partial charge >= 0.3 is 0 Å². The Bertz CT molecular complexity index is 1280. The van der Waals surface area contributed by atoms with Gasteiger partial charge in [0.15, 0.2) is 5.82 Å². The lowest BCUT2D eigenvalue weighted by Gasteiger charge is -2.38. The van der Waals surface area contributed by atoms with Crippen molar-refractivity contribution in [2.45, 2.75) is 12.6 Å². The number of nitrogens with zero attached hydrogens (tertiary/aromatic N) is 6. The fourth-order valence-electron chi connectivity index (χ4n) is 4.60. The fraction of sp³-hybridized carbons (Fsp3) is 0.250. The molecular formula is C28H28Cl2N6. The molecule has 0 aliphatic carbocycles. The summed E-state index contributed by atoms with van der Waals surface area (Å²) in [6.45, 7) is 5.28. The second kappa shape index (κ2) is 11.8. The van der Waals surface area contributed by atoms with Crippen LogP contribution < -0.4 is 0 Å². The molecule has 8 heteroatoms. The minimum Gasteiger partial charge on any atom is -0.297 e. The van der Waals surface area contributed by atoms with Gasteiger partial charge in [-0.25, -0.2) is 4.68 Å². The molecule has 1 aromatic heterocycles. The van der Waals surface area contributed by atoms with E-state index in [4.69, 9.17) is 23.2 Å². The summed E-state index contributed by atoms with van der Waals surface area (Å²) in [4.78, 5) is 4.96. The summed E-state index contributed by atoms with van der Waals surface area (Å²) in [6.07, 6.45) is 4.44. The summed E-state index contributed by atoms with van der Waals surface area (Å²) in [5.41, 5.74) is 3.41. The van der Waals surface area contributed by atoms with Crippen LogP contribution in [-0.2, 0) is 6.54 Å². The van der Waals surface area contributed by atoms with Gasteiger partial charge in [0.05, 0.1) is 22.6 Å². The van der Waals surface area contributed by atoms with Crippen molar-refractivity contribution in [1.29, 1.82) is 0 Å². The molecule has 1 atom stereocenters. The molecule has 3 aromatic carbocycles. The summed E-state index contributed by atoms with van der Waals surface area (Å²) >= 11 is 12.4. The summed E-state index contributed by atoms with van der Waals surface area (Å²) in [7, 11) is 0. The summed E-state index contributed by atoms with van der Waals surface area (Å²) in [6, 6.07) is 26.5. The zero-order valence-corrected chi connectivity index (χ0v) is 21.4. The third-order valence-corrected chi connectivity index (χ3v) is 7.22. The molecule has 2 heterocycles. The molecule has 1 saturated heterocycles. The average molecular weight is 519 g/mol. The van der Waals surface area contributed by atoms with Crippen molar-refractivity contribution in [2.24, 2.45) is 0 Å². The highest BCUT2D eigenvalue weighted by Gasteiger charge is 2.30. The van der Waals surface area contributed by atoms with Crippen molar-refractivity contribution in [1.82, 2.24) is 30.0 Å². The number of piperazine rings is 1. The van der Waals surface area contributed by atoms with Crippen molar-refractivity contribution in [3.63, 3.8) is 0 Å². The lowest BCUT2D eigenvalue weighted by Crippen LogP contribution is -2.48. The van der Waals surface area contributed by atoms with Crippen LogP contribution in [0.3, 0.4) is 0 Å². The van der Waals surface area contributed by atoms with E-state index >= 15 is 0 Å². The SMILES string of the molecule is Clc1ccc(Cn2nnnc2[C@@H](c2ccccc2)N2CCN(CC=Cc3ccccc3)CC2)cc1Cl. The predicted octanol–water partition coefficient (Wildman–Crippen LogP) is 5.45. The van der Waals surface area contributed by atoms with E-state index in [0.717, 1.165) is 44.1 Å². The zero-order chi connectivity index (χ0) is 24.7. The van der Waals surface area contributed by atoms with E-state index in [1.165, 1.54) is 11.1 Å². The van der Waals surface area contributed by atoms with E-state index in [1.54, 1.807) is 0 Å². The maximum absolute atomic E-state index is 6.25. The van der Waals surface area contributed by atoms with Crippen LogP contribution in [-0.4, -0.2) is 62.7 Å². The third kappa shape index (κ3) is 6.02. The molecular weight excluding hydrogens is 491 g/mol. The molecule has 0 amide bonds. The van der Waals surface area contributed by atoms with Crippen LogP contribution in [0.1, 0.15) is 28.6 Å². The molecule has 184 valence electrons. The molecule has 4 aromatic rings. The second-order valence-corrected chi connectivity index (χ2v) is 9.72. The predicted molar refractivity (Wildman–Crippen MR) is 145 cm³/mol. The van der Waals surface area contributed by atoms with Gasteiger partial charge in [0.1, 0.15) is 0 Å². The number of aromatic nitrogens is 4. The van der Waals surface area contributed by atoms with E-state index in [0.29, 0.717) is 16.6 Å². The van der Waals surface area contributed by atoms with Crippen LogP contribution >= 0.6 is 23.2 Å². The van der Waals surface area contributed by atoms with E-state index < -0.39 is 0 Å². The summed E-state index contributed by atoms with van der Waals surface area (Å²) < 4.78 is 1.87. The fourth-order valence-corrected chi connectivity index (χ4v) is 4.92. The van der Waals surface area contributed by atoms with Crippen molar-refractivity contribution in [3.05, 3.63) is 117 Å². The molecule has 1 aliphatic rings. The molecule has 1 aliphatic heterocycles. The Morgan fingerprint density at radius 3 is 2.28 bits per heavy atom. The molecule has 0 radical (unpaired) electrons. The molecule has 5 rings (SSSR count).